The van der Waals surface area contributed by atoms with E-state index in [2.05, 4.69) is 4.98 Å². The predicted molar refractivity (Wildman–Crippen MR) is 99.6 cm³/mol. The van der Waals surface area contributed by atoms with E-state index in [0.29, 0.717) is 44.7 Å². The van der Waals surface area contributed by atoms with Crippen LogP contribution in [-0.4, -0.2) is 47.7 Å². The maximum Gasteiger partial charge on any atom is 0.229 e. The molecule has 1 aromatic heterocycles. The lowest BCUT2D eigenvalue weighted by Crippen LogP contribution is -2.48. The van der Waals surface area contributed by atoms with Gasteiger partial charge in [0.2, 0.25) is 5.91 Å². The van der Waals surface area contributed by atoms with Gasteiger partial charge < -0.3 is 19.5 Å². The first-order valence-electron chi connectivity index (χ1n) is 9.31. The van der Waals surface area contributed by atoms with Crippen molar-refractivity contribution in [2.45, 2.75) is 24.9 Å². The lowest BCUT2D eigenvalue weighted by molar-refractivity contribution is -0.141. The standard InChI is InChI=1S/C21H24N2O4/c1-26-18-6-2-4-15-12-16(14-27-19(15)18)20(24)23-10-7-21(25,8-11-23)17-5-3-9-22-13-17/h2-6,9,13,16,25H,7-8,10-12,14H2,1H3/t16-/m1/s1. The SMILES string of the molecule is COc1cccc2c1OC[C@H](C(=O)N1CCC(O)(c3cccnc3)CC1)C2. The molecule has 0 radical (unpaired) electrons. The molecule has 2 aliphatic rings. The number of fused-ring (bicyclic) bond motifs is 1. The molecule has 1 N–H and O–H groups in total. The average Bonchev–Trinajstić information content (AvgIpc) is 2.73. The number of methoxy groups -OCH3 is 1. The number of para-hydroxylation sites is 1. The molecule has 2 aliphatic heterocycles. The first kappa shape index (κ1) is 17.8. The lowest BCUT2D eigenvalue weighted by atomic mass is 9.84. The summed E-state index contributed by atoms with van der Waals surface area (Å²) in [7, 11) is 1.62. The highest BCUT2D eigenvalue weighted by Crippen LogP contribution is 2.37. The zero-order valence-corrected chi connectivity index (χ0v) is 15.4. The molecule has 2 aromatic rings. The molecular weight excluding hydrogens is 344 g/mol. The van der Waals surface area contributed by atoms with Crippen LogP contribution in [0.2, 0.25) is 0 Å². The molecule has 0 saturated carbocycles. The Morgan fingerprint density at radius 3 is 2.81 bits per heavy atom. The van der Waals surface area contributed by atoms with Crippen molar-refractivity contribution in [1.29, 1.82) is 0 Å². The monoisotopic (exact) mass is 368 g/mol. The van der Waals surface area contributed by atoms with Gasteiger partial charge in [-0.25, -0.2) is 0 Å². The topological polar surface area (TPSA) is 71.9 Å². The number of ether oxygens (including phenoxy) is 2. The van der Waals surface area contributed by atoms with Crippen molar-refractivity contribution < 1.29 is 19.4 Å². The molecule has 1 atom stereocenters. The molecular formula is C21H24N2O4. The molecule has 4 rings (SSSR count). The van der Waals surface area contributed by atoms with Crippen LogP contribution in [0.5, 0.6) is 11.5 Å². The predicted octanol–water partition coefficient (Wildman–Crippen LogP) is 2.15. The number of aliphatic hydroxyl groups is 1. The summed E-state index contributed by atoms with van der Waals surface area (Å²) in [6, 6.07) is 9.49. The Labute approximate surface area is 158 Å². The lowest BCUT2D eigenvalue weighted by Gasteiger charge is -2.40. The van der Waals surface area contributed by atoms with Gasteiger partial charge in [0.25, 0.3) is 0 Å². The number of rotatable bonds is 3. The number of carbonyl (C=O) groups is 1. The van der Waals surface area contributed by atoms with Crippen molar-refractivity contribution in [3.8, 4) is 11.5 Å². The summed E-state index contributed by atoms with van der Waals surface area (Å²) in [5.41, 5.74) is 0.913. The largest absolute Gasteiger partial charge is 0.493 e. The Hall–Kier alpha value is -2.60. The number of likely N-dealkylation sites (tertiary alicyclic amines) is 1. The molecule has 0 bridgehead atoms. The third-order valence-corrected chi connectivity index (χ3v) is 5.63. The van der Waals surface area contributed by atoms with Gasteiger partial charge in [-0.2, -0.15) is 0 Å². The molecule has 142 valence electrons. The third kappa shape index (κ3) is 3.37. The van der Waals surface area contributed by atoms with E-state index in [1.807, 2.05) is 35.2 Å². The Morgan fingerprint density at radius 2 is 2.11 bits per heavy atom. The maximum absolute atomic E-state index is 13.0. The molecule has 1 amide bonds. The molecule has 3 heterocycles. The van der Waals surface area contributed by atoms with Gasteiger partial charge in [-0.15, -0.1) is 0 Å². The van der Waals surface area contributed by atoms with Gasteiger partial charge >= 0.3 is 0 Å². The maximum atomic E-state index is 13.0. The normalized spacial score (nSPS) is 21.1. The van der Waals surface area contributed by atoms with Gasteiger partial charge in [-0.3, -0.25) is 9.78 Å². The summed E-state index contributed by atoms with van der Waals surface area (Å²) in [6.07, 6.45) is 5.08. The van der Waals surface area contributed by atoms with Crippen LogP contribution in [0.4, 0.5) is 0 Å². The van der Waals surface area contributed by atoms with Crippen LogP contribution in [0.25, 0.3) is 0 Å². The molecule has 1 fully saturated rings. The van der Waals surface area contributed by atoms with Crippen LogP contribution in [0.15, 0.2) is 42.7 Å². The number of nitrogens with zero attached hydrogens (tertiary/aromatic N) is 2. The smallest absolute Gasteiger partial charge is 0.229 e. The van der Waals surface area contributed by atoms with Crippen LogP contribution in [0.1, 0.15) is 24.0 Å². The van der Waals surface area contributed by atoms with Gasteiger partial charge in [0.05, 0.1) is 18.6 Å². The summed E-state index contributed by atoms with van der Waals surface area (Å²) in [6.45, 7) is 1.42. The van der Waals surface area contributed by atoms with E-state index in [1.54, 1.807) is 19.5 Å². The van der Waals surface area contributed by atoms with Crippen LogP contribution in [0, 0.1) is 5.92 Å². The number of aromatic nitrogens is 1. The van der Waals surface area contributed by atoms with Gasteiger partial charge in [-0.05, 0) is 37.0 Å². The Bertz CT molecular complexity index is 816. The fraction of sp³-hybridized carbons (Fsp3) is 0.429. The molecule has 0 unspecified atom stereocenters. The van der Waals surface area contributed by atoms with Crippen molar-refractivity contribution in [3.05, 3.63) is 53.9 Å². The summed E-state index contributed by atoms with van der Waals surface area (Å²) < 4.78 is 11.2. The minimum atomic E-state index is -0.909. The van der Waals surface area contributed by atoms with Crippen molar-refractivity contribution in [2.75, 3.05) is 26.8 Å². The first-order chi connectivity index (χ1) is 13.1. The van der Waals surface area contributed by atoms with E-state index >= 15 is 0 Å². The van der Waals surface area contributed by atoms with Crippen LogP contribution in [0.3, 0.4) is 0 Å². The number of hydrogen-bond acceptors (Lipinski definition) is 5. The first-order valence-corrected chi connectivity index (χ1v) is 9.31. The summed E-state index contributed by atoms with van der Waals surface area (Å²) >= 11 is 0. The molecule has 0 spiro atoms. The van der Waals surface area contributed by atoms with Gasteiger partial charge in [0.1, 0.15) is 6.61 Å². The summed E-state index contributed by atoms with van der Waals surface area (Å²) in [5.74, 6) is 1.34. The second-order valence-electron chi connectivity index (χ2n) is 7.26. The second kappa shape index (κ2) is 7.19. The van der Waals surface area contributed by atoms with E-state index in [9.17, 15) is 9.90 Å². The third-order valence-electron chi connectivity index (χ3n) is 5.63. The molecule has 0 aliphatic carbocycles. The van der Waals surface area contributed by atoms with E-state index in [-0.39, 0.29) is 11.8 Å². The summed E-state index contributed by atoms with van der Waals surface area (Å²) in [5, 5.41) is 10.9. The van der Waals surface area contributed by atoms with E-state index in [1.165, 1.54) is 0 Å². The molecule has 6 heteroatoms. The Morgan fingerprint density at radius 1 is 1.30 bits per heavy atom. The van der Waals surface area contributed by atoms with Crippen molar-refractivity contribution in [2.24, 2.45) is 5.92 Å². The Kier molecular flexibility index (Phi) is 4.74. The zero-order chi connectivity index (χ0) is 18.9. The second-order valence-corrected chi connectivity index (χ2v) is 7.26. The van der Waals surface area contributed by atoms with Crippen LogP contribution in [-0.2, 0) is 16.8 Å². The fourth-order valence-corrected chi connectivity index (χ4v) is 4.00. The van der Waals surface area contributed by atoms with E-state index in [0.717, 1.165) is 16.9 Å². The molecule has 6 nitrogen and oxygen atoms in total. The Balaban J connectivity index is 1.41. The highest BCUT2D eigenvalue weighted by molar-refractivity contribution is 5.80. The average molecular weight is 368 g/mol. The minimum absolute atomic E-state index is 0.0942. The van der Waals surface area contributed by atoms with E-state index < -0.39 is 5.60 Å². The number of amides is 1. The molecule has 1 saturated heterocycles. The van der Waals surface area contributed by atoms with Gasteiger partial charge in [0.15, 0.2) is 11.5 Å². The zero-order valence-electron chi connectivity index (χ0n) is 15.4. The molecule has 27 heavy (non-hydrogen) atoms. The van der Waals surface area contributed by atoms with Crippen LogP contribution < -0.4 is 9.47 Å². The minimum Gasteiger partial charge on any atom is -0.493 e. The molecule has 1 aromatic carbocycles. The van der Waals surface area contributed by atoms with Gasteiger partial charge in [0, 0.05) is 31.0 Å². The van der Waals surface area contributed by atoms with Gasteiger partial charge in [-0.1, -0.05) is 18.2 Å². The highest BCUT2D eigenvalue weighted by Gasteiger charge is 2.38. The van der Waals surface area contributed by atoms with Crippen LogP contribution >= 0.6 is 0 Å². The number of pyridine rings is 1. The fourth-order valence-electron chi connectivity index (χ4n) is 4.00. The number of carbonyl (C=O) groups excluding carboxylic acids is 1. The van der Waals surface area contributed by atoms with Crippen molar-refractivity contribution in [1.82, 2.24) is 9.88 Å². The van der Waals surface area contributed by atoms with Crippen molar-refractivity contribution >= 4 is 5.91 Å². The van der Waals surface area contributed by atoms with E-state index in [4.69, 9.17) is 9.47 Å². The highest BCUT2D eigenvalue weighted by atomic mass is 16.5. The summed E-state index contributed by atoms with van der Waals surface area (Å²) in [4.78, 5) is 18.9. The van der Waals surface area contributed by atoms with Crippen molar-refractivity contribution in [3.63, 3.8) is 0 Å². The quantitative estimate of drug-likeness (QED) is 0.899. The number of benzene rings is 1. The number of hydrogen-bond donors (Lipinski definition) is 1. The number of piperidine rings is 1.